The van der Waals surface area contributed by atoms with Gasteiger partial charge in [-0.1, -0.05) is 11.6 Å². The number of nitrogens with zero attached hydrogens (tertiary/aromatic N) is 4. The van der Waals surface area contributed by atoms with E-state index in [-0.39, 0.29) is 5.60 Å². The number of aromatic amines is 1. The second-order valence-corrected chi connectivity index (χ2v) is 6.43. The lowest BCUT2D eigenvalue weighted by Gasteiger charge is -2.40. The third-order valence-electron chi connectivity index (χ3n) is 4.45. The Hall–Kier alpha value is -1.37. The Bertz CT molecular complexity index is 670. The van der Waals surface area contributed by atoms with E-state index in [9.17, 15) is 0 Å². The molecule has 1 atom stereocenters. The second kappa shape index (κ2) is 4.83. The van der Waals surface area contributed by atoms with E-state index in [1.54, 1.807) is 6.20 Å². The number of H-pyrrole nitrogens is 1. The number of halogens is 1. The van der Waals surface area contributed by atoms with Crippen LogP contribution in [-0.4, -0.2) is 65.5 Å². The quantitative estimate of drug-likeness (QED) is 0.810. The summed E-state index contributed by atoms with van der Waals surface area (Å²) < 4.78 is 6.10. The third kappa shape index (κ3) is 2.27. The Morgan fingerprint density at radius 3 is 3.10 bits per heavy atom. The number of nitrogens with one attached hydrogen (secondary N) is 1. The van der Waals surface area contributed by atoms with Gasteiger partial charge in [0, 0.05) is 38.4 Å². The first kappa shape index (κ1) is 13.3. The molecular weight excluding hydrogens is 290 g/mol. The van der Waals surface area contributed by atoms with Gasteiger partial charge in [0.15, 0.2) is 5.82 Å². The van der Waals surface area contributed by atoms with Crippen LogP contribution < -0.4 is 4.90 Å². The summed E-state index contributed by atoms with van der Waals surface area (Å²) >= 11 is 5.93. The predicted octanol–water partition coefficient (Wildman–Crippen LogP) is 1.52. The van der Waals surface area contributed by atoms with Gasteiger partial charge in [-0.25, -0.2) is 4.98 Å². The van der Waals surface area contributed by atoms with E-state index < -0.39 is 0 Å². The van der Waals surface area contributed by atoms with Crippen molar-refractivity contribution in [2.24, 2.45) is 0 Å². The fourth-order valence-electron chi connectivity index (χ4n) is 3.43. The molecule has 2 aliphatic rings. The van der Waals surface area contributed by atoms with Gasteiger partial charge in [-0.05, 0) is 13.5 Å². The van der Waals surface area contributed by atoms with Gasteiger partial charge in [0.25, 0.3) is 0 Å². The Morgan fingerprint density at radius 1 is 1.38 bits per heavy atom. The molecule has 4 rings (SSSR count). The number of likely N-dealkylation sites (tertiary alicyclic amines) is 1. The van der Waals surface area contributed by atoms with Crippen LogP contribution in [0.1, 0.15) is 6.42 Å². The van der Waals surface area contributed by atoms with Gasteiger partial charge in [0.05, 0.1) is 23.1 Å². The normalized spacial score (nSPS) is 27.0. The van der Waals surface area contributed by atoms with Crippen LogP contribution in [0.5, 0.6) is 0 Å². The van der Waals surface area contributed by atoms with Gasteiger partial charge in [-0.3, -0.25) is 5.10 Å². The Morgan fingerprint density at radius 2 is 2.29 bits per heavy atom. The third-order valence-corrected chi connectivity index (χ3v) is 4.66. The van der Waals surface area contributed by atoms with Gasteiger partial charge < -0.3 is 14.5 Å². The molecule has 2 aliphatic heterocycles. The molecule has 0 bridgehead atoms. The van der Waals surface area contributed by atoms with Crippen molar-refractivity contribution in [3.63, 3.8) is 0 Å². The lowest BCUT2D eigenvalue weighted by atomic mass is 10.0. The van der Waals surface area contributed by atoms with E-state index in [0.29, 0.717) is 5.15 Å². The zero-order chi connectivity index (χ0) is 14.4. The van der Waals surface area contributed by atoms with Crippen molar-refractivity contribution >= 4 is 28.3 Å². The maximum Gasteiger partial charge on any atom is 0.160 e. The number of morpholine rings is 1. The van der Waals surface area contributed by atoms with Crippen LogP contribution in [0, 0.1) is 0 Å². The summed E-state index contributed by atoms with van der Waals surface area (Å²) in [6.45, 7) is 4.54. The Labute approximate surface area is 128 Å². The minimum atomic E-state index is -0.0574. The lowest BCUT2D eigenvalue weighted by Crippen LogP contribution is -2.53. The van der Waals surface area contributed by atoms with E-state index in [2.05, 4.69) is 32.0 Å². The van der Waals surface area contributed by atoms with Gasteiger partial charge in [-0.2, -0.15) is 5.10 Å². The molecule has 7 heteroatoms. The van der Waals surface area contributed by atoms with Crippen molar-refractivity contribution in [3.8, 4) is 0 Å². The van der Waals surface area contributed by atoms with Crippen molar-refractivity contribution in [1.82, 2.24) is 20.1 Å². The molecule has 0 aliphatic carbocycles. The van der Waals surface area contributed by atoms with Crippen LogP contribution in [0.25, 0.3) is 10.9 Å². The fraction of sp³-hybridized carbons (Fsp3) is 0.571. The monoisotopic (exact) mass is 307 g/mol. The molecule has 2 aromatic heterocycles. The minimum Gasteiger partial charge on any atom is -0.370 e. The van der Waals surface area contributed by atoms with Crippen molar-refractivity contribution in [2.45, 2.75) is 12.0 Å². The molecule has 2 fully saturated rings. The van der Waals surface area contributed by atoms with Crippen LogP contribution in [0.15, 0.2) is 12.3 Å². The number of anilines is 1. The van der Waals surface area contributed by atoms with Gasteiger partial charge in [0.2, 0.25) is 0 Å². The number of aromatic nitrogens is 3. The van der Waals surface area contributed by atoms with E-state index in [1.807, 2.05) is 6.07 Å². The number of fused-ring (bicyclic) bond motifs is 1. The van der Waals surface area contributed by atoms with Crippen molar-refractivity contribution in [1.29, 1.82) is 0 Å². The van der Waals surface area contributed by atoms with Crippen LogP contribution in [0.2, 0.25) is 5.15 Å². The summed E-state index contributed by atoms with van der Waals surface area (Å²) in [6, 6.07) is 1.81. The smallest absolute Gasteiger partial charge is 0.160 e. The van der Waals surface area contributed by atoms with Gasteiger partial charge >= 0.3 is 0 Å². The molecule has 0 radical (unpaired) electrons. The Kier molecular flexibility index (Phi) is 3.06. The zero-order valence-corrected chi connectivity index (χ0v) is 12.7. The molecular formula is C14H18ClN5O. The predicted molar refractivity (Wildman–Crippen MR) is 81.9 cm³/mol. The second-order valence-electron chi connectivity index (χ2n) is 6.04. The molecule has 1 N–H and O–H groups in total. The lowest BCUT2D eigenvalue weighted by molar-refractivity contribution is -0.0459. The molecule has 0 amide bonds. The number of likely N-dealkylation sites (N-methyl/N-ethyl adjacent to an activating group) is 1. The topological polar surface area (TPSA) is 57.3 Å². The van der Waals surface area contributed by atoms with Crippen LogP contribution >= 0.6 is 11.6 Å². The highest BCUT2D eigenvalue weighted by Gasteiger charge is 2.42. The average Bonchev–Trinajstić information content (AvgIpc) is 3.03. The first-order valence-corrected chi connectivity index (χ1v) is 7.60. The molecule has 0 saturated carbocycles. The highest BCUT2D eigenvalue weighted by Crippen LogP contribution is 2.33. The van der Waals surface area contributed by atoms with Gasteiger partial charge in [-0.15, -0.1) is 0 Å². The molecule has 112 valence electrons. The Balaban J connectivity index is 1.65. The largest absolute Gasteiger partial charge is 0.370 e. The number of pyridine rings is 1. The number of rotatable bonds is 1. The molecule has 4 heterocycles. The van der Waals surface area contributed by atoms with E-state index in [1.165, 1.54) is 0 Å². The van der Waals surface area contributed by atoms with E-state index in [0.717, 1.165) is 55.9 Å². The summed E-state index contributed by atoms with van der Waals surface area (Å²) in [5.41, 5.74) is 0.868. The van der Waals surface area contributed by atoms with Crippen molar-refractivity contribution in [2.75, 3.05) is 44.7 Å². The summed E-state index contributed by atoms with van der Waals surface area (Å²) in [6.07, 6.45) is 2.87. The number of hydrogen-bond donors (Lipinski definition) is 1. The molecule has 2 aromatic rings. The van der Waals surface area contributed by atoms with Crippen LogP contribution in [-0.2, 0) is 4.74 Å². The first-order valence-electron chi connectivity index (χ1n) is 7.22. The molecule has 6 nitrogen and oxygen atoms in total. The minimum absolute atomic E-state index is 0.0574. The SMILES string of the molecule is CN1CCC2(C1)CN(c1n[nH]c3cc(Cl)ncc13)CCO2. The fourth-order valence-corrected chi connectivity index (χ4v) is 3.59. The van der Waals surface area contributed by atoms with Crippen molar-refractivity contribution < 1.29 is 4.74 Å². The van der Waals surface area contributed by atoms with E-state index >= 15 is 0 Å². The highest BCUT2D eigenvalue weighted by atomic mass is 35.5. The average molecular weight is 308 g/mol. The summed E-state index contributed by atoms with van der Waals surface area (Å²) in [5, 5.41) is 9.01. The van der Waals surface area contributed by atoms with Crippen LogP contribution in [0.4, 0.5) is 5.82 Å². The number of hydrogen-bond acceptors (Lipinski definition) is 5. The van der Waals surface area contributed by atoms with Gasteiger partial charge in [0.1, 0.15) is 5.15 Å². The zero-order valence-electron chi connectivity index (χ0n) is 12.0. The molecule has 1 unspecified atom stereocenters. The van der Waals surface area contributed by atoms with E-state index in [4.69, 9.17) is 16.3 Å². The summed E-state index contributed by atoms with van der Waals surface area (Å²) in [4.78, 5) is 8.80. The standard InChI is InChI=1S/C14H18ClN5O/c1-19-3-2-14(8-19)9-20(4-5-21-14)13-10-7-16-12(15)6-11(10)17-18-13/h6-7H,2-5,8-9H2,1H3,(H,17,18). The maximum atomic E-state index is 6.10. The molecule has 1 spiro atoms. The summed E-state index contributed by atoms with van der Waals surface area (Å²) in [5.74, 6) is 0.950. The molecule has 21 heavy (non-hydrogen) atoms. The maximum absolute atomic E-state index is 6.10. The number of ether oxygens (including phenoxy) is 1. The highest BCUT2D eigenvalue weighted by molar-refractivity contribution is 6.30. The first-order chi connectivity index (χ1) is 10.2. The van der Waals surface area contributed by atoms with Crippen LogP contribution in [0.3, 0.4) is 0 Å². The molecule has 2 saturated heterocycles. The van der Waals surface area contributed by atoms with Crippen molar-refractivity contribution in [3.05, 3.63) is 17.4 Å². The summed E-state index contributed by atoms with van der Waals surface area (Å²) in [7, 11) is 2.15. The molecule has 0 aromatic carbocycles.